The zero-order valence-electron chi connectivity index (χ0n) is 17.7. The van der Waals surface area contributed by atoms with Crippen LogP contribution in [0.4, 0.5) is 5.82 Å². The van der Waals surface area contributed by atoms with Crippen LogP contribution < -0.4 is 31.4 Å². The average molecular weight is 519 g/mol. The van der Waals surface area contributed by atoms with E-state index in [2.05, 4.69) is 20.4 Å². The number of nitrogen functional groups attached to an aromatic ring is 1. The van der Waals surface area contributed by atoms with Crippen molar-refractivity contribution in [1.29, 1.82) is 0 Å². The highest BCUT2D eigenvalue weighted by molar-refractivity contribution is 8.01. The van der Waals surface area contributed by atoms with Gasteiger partial charge in [0.25, 0.3) is 23.5 Å². The highest BCUT2D eigenvalue weighted by Crippen LogP contribution is 2.40. The average Bonchev–Trinajstić information content (AvgIpc) is 3.49. The number of hydrazine groups is 1. The van der Waals surface area contributed by atoms with Crippen LogP contribution in [0.2, 0.25) is 0 Å². The van der Waals surface area contributed by atoms with Crippen molar-refractivity contribution in [2.75, 3.05) is 11.5 Å². The van der Waals surface area contributed by atoms with Gasteiger partial charge in [-0.2, -0.15) is 4.83 Å². The highest BCUT2D eigenvalue weighted by atomic mass is 32.2. The van der Waals surface area contributed by atoms with Crippen LogP contribution in [-0.4, -0.2) is 65.6 Å². The molecule has 0 saturated carbocycles. The standard InChI is InChI=1S/C18H18N10O5S2/c19-9-2-4-25(11-1-3-21-28(9)11)5-8-7-34-17-12(16(30)27(17)13(8)18(31)32)22-15(29)14(23-33)26-6-10(20)35-24-26/h1-4,6,12,17,19,24H,5,7,20H2,(H3,22,29,31,32,33)/t12-,17-/m1/s1. The molecule has 0 bridgehead atoms. The number of carboxylic acid groups (broad SMARTS) is 1. The summed E-state index contributed by atoms with van der Waals surface area (Å²) in [4.78, 5) is 41.4. The molecule has 1 saturated heterocycles. The van der Waals surface area contributed by atoms with Gasteiger partial charge in [-0.3, -0.25) is 19.1 Å². The van der Waals surface area contributed by atoms with E-state index in [1.165, 1.54) is 22.6 Å². The second-order valence-electron chi connectivity index (χ2n) is 7.59. The second kappa shape index (κ2) is 8.67. The molecule has 5 aliphatic rings. The fourth-order valence-electron chi connectivity index (χ4n) is 3.95. The molecule has 1 fully saturated rings. The lowest BCUT2D eigenvalue weighted by molar-refractivity contribution is -0.646. The van der Waals surface area contributed by atoms with Gasteiger partial charge in [0.2, 0.25) is 5.82 Å². The number of carbonyl (C=O) groups excluding carboxylic acids is 3. The fourth-order valence-corrected chi connectivity index (χ4v) is 5.79. The Labute approximate surface area is 205 Å². The topological polar surface area (TPSA) is 211 Å². The lowest BCUT2D eigenvalue weighted by Crippen LogP contribution is -2.72. The van der Waals surface area contributed by atoms with Crippen LogP contribution in [0.3, 0.4) is 0 Å². The number of amidine groups is 1. The molecule has 182 valence electrons. The number of amides is 2. The van der Waals surface area contributed by atoms with Crippen LogP contribution in [-0.2, 0) is 20.9 Å². The molecule has 5 heterocycles. The van der Waals surface area contributed by atoms with E-state index in [1.54, 1.807) is 29.1 Å². The molecule has 0 unspecified atom stereocenters. The number of hydrogen-bond donors (Lipinski definition) is 5. The number of β-lactam (4-membered cyclic amide) rings is 1. The van der Waals surface area contributed by atoms with E-state index in [0.29, 0.717) is 22.2 Å². The van der Waals surface area contributed by atoms with Gasteiger partial charge in [0, 0.05) is 17.9 Å². The smallest absolute Gasteiger partial charge is 0.292 e. The zero-order chi connectivity index (χ0) is 24.9. The first-order valence-electron chi connectivity index (χ1n) is 10.0. The SMILES string of the molecule is NC1=CN(/C(=N/O)C(=O)N[C@@H]2C(=O)N3C(C(=O)[O-])=C(Cn4ccc(N)[n+]5nccc4-5)CS[C@H]23)NS1. The first-order valence-corrected chi connectivity index (χ1v) is 11.9. The molecule has 0 aromatic carbocycles. The second-order valence-corrected chi connectivity index (χ2v) is 9.55. The Morgan fingerprint density at radius 3 is 2.89 bits per heavy atom. The summed E-state index contributed by atoms with van der Waals surface area (Å²) in [6, 6.07) is 2.34. The first-order chi connectivity index (χ1) is 16.8. The summed E-state index contributed by atoms with van der Waals surface area (Å²) >= 11 is 2.29. The van der Waals surface area contributed by atoms with Crippen molar-refractivity contribution in [3.05, 3.63) is 47.0 Å². The lowest BCUT2D eigenvalue weighted by Gasteiger charge is -2.50. The van der Waals surface area contributed by atoms with Crippen molar-refractivity contribution >= 4 is 53.1 Å². The van der Waals surface area contributed by atoms with E-state index in [4.69, 9.17) is 11.5 Å². The maximum atomic E-state index is 12.9. The molecule has 0 spiro atoms. The Kier molecular flexibility index (Phi) is 5.65. The summed E-state index contributed by atoms with van der Waals surface area (Å²) in [5.41, 5.74) is 11.8. The Hall–Kier alpha value is -3.96. The number of carboxylic acids is 1. The van der Waals surface area contributed by atoms with Gasteiger partial charge >= 0.3 is 0 Å². The minimum absolute atomic E-state index is 0.159. The maximum absolute atomic E-state index is 12.9. The van der Waals surface area contributed by atoms with Gasteiger partial charge in [0.15, 0.2) is 0 Å². The van der Waals surface area contributed by atoms with E-state index in [-0.39, 0.29) is 18.0 Å². The number of hydrogen-bond acceptors (Lipinski definition) is 12. The fraction of sp³-hybridized carbons (Fsp3) is 0.222. The molecular weight excluding hydrogens is 500 g/mol. The zero-order valence-corrected chi connectivity index (χ0v) is 19.3. The number of carbonyl (C=O) groups is 3. The van der Waals surface area contributed by atoms with Crippen LogP contribution >= 0.6 is 23.7 Å². The largest absolute Gasteiger partial charge is 0.543 e. The summed E-state index contributed by atoms with van der Waals surface area (Å²) in [7, 11) is 0. The van der Waals surface area contributed by atoms with Gasteiger partial charge in [-0.1, -0.05) is 5.16 Å². The molecule has 0 aromatic rings. The van der Waals surface area contributed by atoms with Crippen LogP contribution in [0, 0.1) is 0 Å². The van der Waals surface area contributed by atoms with E-state index in [9.17, 15) is 24.7 Å². The summed E-state index contributed by atoms with van der Waals surface area (Å²) < 4.78 is 3.27. The van der Waals surface area contributed by atoms with Crippen molar-refractivity contribution in [2.24, 2.45) is 10.9 Å². The molecule has 2 atom stereocenters. The minimum atomic E-state index is -1.50. The molecule has 17 heteroatoms. The van der Waals surface area contributed by atoms with Gasteiger partial charge in [-0.25, -0.2) is 5.01 Å². The van der Waals surface area contributed by atoms with Crippen LogP contribution in [0.25, 0.3) is 5.82 Å². The number of fused-ring (bicyclic) bond motifs is 2. The number of oxime groups is 1. The third-order valence-corrected chi connectivity index (χ3v) is 7.49. The third-order valence-electron chi connectivity index (χ3n) is 5.52. The Balaban J connectivity index is 1.36. The van der Waals surface area contributed by atoms with Gasteiger partial charge in [0.1, 0.15) is 16.4 Å². The van der Waals surface area contributed by atoms with Crippen molar-refractivity contribution in [2.45, 2.75) is 18.0 Å². The summed E-state index contributed by atoms with van der Waals surface area (Å²) in [6.45, 7) is 0.159. The van der Waals surface area contributed by atoms with Crippen molar-refractivity contribution in [3.8, 4) is 5.82 Å². The van der Waals surface area contributed by atoms with Gasteiger partial charge in [-0.15, -0.1) is 21.5 Å². The molecule has 15 nitrogen and oxygen atoms in total. The van der Waals surface area contributed by atoms with Crippen molar-refractivity contribution < 1.29 is 29.4 Å². The molecule has 0 aliphatic carbocycles. The number of thioether (sulfide) groups is 1. The maximum Gasteiger partial charge on any atom is 0.292 e. The number of aromatic nitrogens is 3. The molecule has 0 aromatic heterocycles. The van der Waals surface area contributed by atoms with E-state index in [1.807, 2.05) is 0 Å². The molecule has 0 radical (unpaired) electrons. The highest BCUT2D eigenvalue weighted by Gasteiger charge is 2.53. The van der Waals surface area contributed by atoms with Crippen LogP contribution in [0.15, 0.2) is 52.2 Å². The van der Waals surface area contributed by atoms with Crippen molar-refractivity contribution in [1.82, 2.24) is 29.7 Å². The van der Waals surface area contributed by atoms with E-state index < -0.39 is 35.0 Å². The minimum Gasteiger partial charge on any atom is -0.543 e. The molecule has 35 heavy (non-hydrogen) atoms. The molecule has 5 rings (SSSR count). The number of aliphatic carboxylic acids is 1. The third kappa shape index (κ3) is 3.78. The predicted molar refractivity (Wildman–Crippen MR) is 120 cm³/mol. The lowest BCUT2D eigenvalue weighted by atomic mass is 10.0. The Morgan fingerprint density at radius 2 is 2.20 bits per heavy atom. The molecular formula is C18H18N10O5S2. The number of nitrogens with zero attached hydrogens (tertiary/aromatic N) is 6. The summed E-state index contributed by atoms with van der Waals surface area (Å²) in [5.74, 6) is -2.09. The van der Waals surface area contributed by atoms with Crippen molar-refractivity contribution in [3.63, 3.8) is 0 Å². The number of nitrogens with two attached hydrogens (primary N) is 2. The normalized spacial score (nSPS) is 22.2. The Bertz CT molecular complexity index is 1310. The van der Waals surface area contributed by atoms with Crippen LogP contribution in [0.1, 0.15) is 0 Å². The number of nitrogens with one attached hydrogen (secondary N) is 2. The van der Waals surface area contributed by atoms with E-state index in [0.717, 1.165) is 21.9 Å². The number of anilines is 1. The Morgan fingerprint density at radius 1 is 1.40 bits per heavy atom. The first kappa shape index (κ1) is 22.8. The monoisotopic (exact) mass is 518 g/mol. The van der Waals surface area contributed by atoms with Gasteiger partial charge < -0.3 is 31.9 Å². The molecule has 7 N–H and O–H groups in total. The van der Waals surface area contributed by atoms with Gasteiger partial charge in [0.05, 0.1) is 36.8 Å². The predicted octanol–water partition coefficient (Wildman–Crippen LogP) is -3.40. The molecule has 5 aliphatic heterocycles. The van der Waals surface area contributed by atoms with Crippen LogP contribution in [0.5, 0.6) is 0 Å². The van der Waals surface area contributed by atoms with E-state index >= 15 is 0 Å². The quantitative estimate of drug-likeness (QED) is 0.0510. The summed E-state index contributed by atoms with van der Waals surface area (Å²) in [6.07, 6.45) is 4.60. The van der Waals surface area contributed by atoms with Gasteiger partial charge in [-0.05, 0) is 17.5 Å². The summed E-state index contributed by atoms with van der Waals surface area (Å²) in [5, 5.41) is 31.7. The number of rotatable bonds is 4. The molecule has 2 amide bonds.